The Morgan fingerprint density at radius 3 is 2.41 bits per heavy atom. The van der Waals surface area contributed by atoms with E-state index < -0.39 is 5.91 Å². The second kappa shape index (κ2) is 5.89. The van der Waals surface area contributed by atoms with Gasteiger partial charge in [0.15, 0.2) is 6.61 Å². The summed E-state index contributed by atoms with van der Waals surface area (Å²) in [5, 5.41) is 2.35. The fourth-order valence-corrected chi connectivity index (χ4v) is 1.40. The van der Waals surface area contributed by atoms with E-state index in [2.05, 4.69) is 5.32 Å². The molecule has 0 fully saturated rings. The van der Waals surface area contributed by atoms with Crippen LogP contribution in [0.5, 0.6) is 5.75 Å². The van der Waals surface area contributed by atoms with Gasteiger partial charge < -0.3 is 15.8 Å². The van der Waals surface area contributed by atoms with Crippen LogP contribution < -0.4 is 15.8 Å². The normalized spacial score (nSPS) is 9.76. The molecule has 0 aliphatic carbocycles. The molecule has 0 saturated heterocycles. The highest BCUT2D eigenvalue weighted by atomic mass is 16.5. The smallest absolute Gasteiger partial charge is 0.258 e. The molecule has 0 heterocycles. The van der Waals surface area contributed by atoms with Crippen molar-refractivity contribution in [1.82, 2.24) is 5.32 Å². The molecule has 2 amide bonds. The van der Waals surface area contributed by atoms with E-state index in [9.17, 15) is 9.59 Å². The quantitative estimate of drug-likeness (QED) is 0.770. The van der Waals surface area contributed by atoms with Gasteiger partial charge in [-0.05, 0) is 25.0 Å². The molecular weight excluding hydrogens is 220 g/mol. The third-order valence-electron chi connectivity index (χ3n) is 2.22. The first kappa shape index (κ1) is 13.0. The Bertz CT molecular complexity index is 410. The number of aryl methyl sites for hydroxylation is 2. The first-order valence-corrected chi connectivity index (χ1v) is 5.24. The van der Waals surface area contributed by atoms with Crippen molar-refractivity contribution in [2.75, 3.05) is 13.2 Å². The number of rotatable bonds is 5. The Morgan fingerprint density at radius 2 is 1.88 bits per heavy atom. The third kappa shape index (κ3) is 4.14. The largest absolute Gasteiger partial charge is 0.483 e. The second-order valence-electron chi connectivity index (χ2n) is 3.75. The van der Waals surface area contributed by atoms with Crippen molar-refractivity contribution >= 4 is 11.8 Å². The Hall–Kier alpha value is -2.04. The minimum Gasteiger partial charge on any atom is -0.483 e. The van der Waals surface area contributed by atoms with Crippen LogP contribution in [0.2, 0.25) is 0 Å². The minimum absolute atomic E-state index is 0.126. The number of primary amides is 1. The predicted molar refractivity (Wildman–Crippen MR) is 63.6 cm³/mol. The molecule has 0 radical (unpaired) electrons. The summed E-state index contributed by atoms with van der Waals surface area (Å²) in [6, 6.07) is 5.73. The summed E-state index contributed by atoms with van der Waals surface area (Å²) in [7, 11) is 0. The van der Waals surface area contributed by atoms with Crippen molar-refractivity contribution in [3.63, 3.8) is 0 Å². The molecule has 1 rings (SSSR count). The van der Waals surface area contributed by atoms with E-state index in [4.69, 9.17) is 10.5 Å². The van der Waals surface area contributed by atoms with Gasteiger partial charge in [-0.25, -0.2) is 0 Å². The van der Waals surface area contributed by atoms with Crippen LogP contribution in [0.1, 0.15) is 11.1 Å². The molecule has 3 N–H and O–H groups in total. The predicted octanol–water partition coefficient (Wildman–Crippen LogP) is 0.284. The lowest BCUT2D eigenvalue weighted by atomic mass is 10.1. The monoisotopic (exact) mass is 236 g/mol. The van der Waals surface area contributed by atoms with Crippen LogP contribution in [-0.4, -0.2) is 25.0 Å². The summed E-state index contributed by atoms with van der Waals surface area (Å²) in [5.41, 5.74) is 6.83. The number of carbonyl (C=O) groups excluding carboxylic acids is 2. The van der Waals surface area contributed by atoms with Gasteiger partial charge >= 0.3 is 0 Å². The molecule has 0 aromatic heterocycles. The zero-order valence-electron chi connectivity index (χ0n) is 9.95. The molecule has 0 spiro atoms. The molecule has 0 unspecified atom stereocenters. The van der Waals surface area contributed by atoms with Gasteiger partial charge in [0.1, 0.15) is 5.75 Å². The van der Waals surface area contributed by atoms with Gasteiger partial charge in [0, 0.05) is 0 Å². The molecule has 0 bridgehead atoms. The summed E-state index contributed by atoms with van der Waals surface area (Å²) in [6.07, 6.45) is 0. The molecule has 0 atom stereocenters. The van der Waals surface area contributed by atoms with E-state index in [0.29, 0.717) is 5.75 Å². The zero-order chi connectivity index (χ0) is 12.8. The van der Waals surface area contributed by atoms with Gasteiger partial charge in [-0.2, -0.15) is 0 Å². The SMILES string of the molecule is Cc1cccc(C)c1OCC(=O)NCC(N)=O. The summed E-state index contributed by atoms with van der Waals surface area (Å²) >= 11 is 0. The van der Waals surface area contributed by atoms with Crippen molar-refractivity contribution < 1.29 is 14.3 Å². The molecular formula is C12H16N2O3. The zero-order valence-corrected chi connectivity index (χ0v) is 9.95. The molecule has 0 aliphatic heterocycles. The standard InChI is InChI=1S/C12H16N2O3/c1-8-4-3-5-9(2)12(8)17-7-11(16)14-6-10(13)15/h3-5H,6-7H2,1-2H3,(H2,13,15)(H,14,16). The van der Waals surface area contributed by atoms with Crippen molar-refractivity contribution in [2.24, 2.45) is 5.73 Å². The van der Waals surface area contributed by atoms with Gasteiger partial charge in [-0.3, -0.25) is 9.59 Å². The number of carbonyl (C=O) groups is 2. The van der Waals surface area contributed by atoms with Crippen molar-refractivity contribution in [3.8, 4) is 5.75 Å². The van der Waals surface area contributed by atoms with Crippen LogP contribution in [0.3, 0.4) is 0 Å². The third-order valence-corrected chi connectivity index (χ3v) is 2.22. The molecule has 92 valence electrons. The Balaban J connectivity index is 2.50. The number of para-hydroxylation sites is 1. The fraction of sp³-hybridized carbons (Fsp3) is 0.333. The average Bonchev–Trinajstić information content (AvgIpc) is 2.25. The van der Waals surface area contributed by atoms with Crippen LogP contribution in [0.25, 0.3) is 0 Å². The molecule has 5 nitrogen and oxygen atoms in total. The Morgan fingerprint density at radius 1 is 1.29 bits per heavy atom. The molecule has 0 aliphatic rings. The number of nitrogens with one attached hydrogen (secondary N) is 1. The average molecular weight is 236 g/mol. The van der Waals surface area contributed by atoms with Crippen LogP contribution in [0, 0.1) is 13.8 Å². The highest BCUT2D eigenvalue weighted by Gasteiger charge is 2.07. The van der Waals surface area contributed by atoms with Gasteiger partial charge in [-0.15, -0.1) is 0 Å². The lowest BCUT2D eigenvalue weighted by Crippen LogP contribution is -2.36. The first-order chi connectivity index (χ1) is 8.00. The lowest BCUT2D eigenvalue weighted by Gasteiger charge is -2.11. The van der Waals surface area contributed by atoms with Crippen molar-refractivity contribution in [2.45, 2.75) is 13.8 Å². The molecule has 5 heteroatoms. The summed E-state index contributed by atoms with van der Waals surface area (Å²) < 4.78 is 5.40. The molecule has 1 aromatic carbocycles. The van der Waals surface area contributed by atoms with Gasteiger partial charge in [-0.1, -0.05) is 18.2 Å². The van der Waals surface area contributed by atoms with Gasteiger partial charge in [0.2, 0.25) is 5.91 Å². The maximum absolute atomic E-state index is 11.3. The van der Waals surface area contributed by atoms with Gasteiger partial charge in [0.05, 0.1) is 6.54 Å². The lowest BCUT2D eigenvalue weighted by molar-refractivity contribution is -0.126. The molecule has 1 aromatic rings. The molecule has 17 heavy (non-hydrogen) atoms. The van der Waals surface area contributed by atoms with Crippen LogP contribution in [0.15, 0.2) is 18.2 Å². The maximum Gasteiger partial charge on any atom is 0.258 e. The highest BCUT2D eigenvalue weighted by Crippen LogP contribution is 2.21. The second-order valence-corrected chi connectivity index (χ2v) is 3.75. The number of amides is 2. The van der Waals surface area contributed by atoms with E-state index in [-0.39, 0.29) is 19.1 Å². The minimum atomic E-state index is -0.578. The van der Waals surface area contributed by atoms with Crippen molar-refractivity contribution in [3.05, 3.63) is 29.3 Å². The number of ether oxygens (including phenoxy) is 1. The van der Waals surface area contributed by atoms with E-state index in [0.717, 1.165) is 11.1 Å². The van der Waals surface area contributed by atoms with E-state index >= 15 is 0 Å². The topological polar surface area (TPSA) is 81.4 Å². The van der Waals surface area contributed by atoms with E-state index in [1.54, 1.807) is 0 Å². The summed E-state index contributed by atoms with van der Waals surface area (Å²) in [6.45, 7) is 3.52. The Kier molecular flexibility index (Phi) is 4.51. The van der Waals surface area contributed by atoms with E-state index in [1.807, 2.05) is 32.0 Å². The fourth-order valence-electron chi connectivity index (χ4n) is 1.40. The number of benzene rings is 1. The summed E-state index contributed by atoms with van der Waals surface area (Å²) in [5.74, 6) is -0.251. The number of hydrogen-bond acceptors (Lipinski definition) is 3. The van der Waals surface area contributed by atoms with Crippen LogP contribution >= 0.6 is 0 Å². The van der Waals surface area contributed by atoms with E-state index in [1.165, 1.54) is 0 Å². The maximum atomic E-state index is 11.3. The first-order valence-electron chi connectivity index (χ1n) is 5.24. The van der Waals surface area contributed by atoms with Gasteiger partial charge in [0.25, 0.3) is 5.91 Å². The Labute approximate surface area is 99.9 Å². The number of hydrogen-bond donors (Lipinski definition) is 2. The van der Waals surface area contributed by atoms with Crippen LogP contribution in [0.4, 0.5) is 0 Å². The molecule has 0 saturated carbocycles. The highest BCUT2D eigenvalue weighted by molar-refractivity contribution is 5.84. The summed E-state index contributed by atoms with van der Waals surface area (Å²) in [4.78, 5) is 21.8. The van der Waals surface area contributed by atoms with Crippen molar-refractivity contribution in [1.29, 1.82) is 0 Å². The van der Waals surface area contributed by atoms with Crippen LogP contribution in [-0.2, 0) is 9.59 Å². The number of nitrogens with two attached hydrogens (primary N) is 1.